The van der Waals surface area contributed by atoms with E-state index in [1.54, 1.807) is 12.1 Å². The zero-order valence-corrected chi connectivity index (χ0v) is 16.3. The highest BCUT2D eigenvalue weighted by atomic mass is 127. The molecule has 9 heteroatoms. The Balaban J connectivity index is 1.78. The van der Waals surface area contributed by atoms with Gasteiger partial charge in [0.25, 0.3) is 0 Å². The molecular weight excluding hydrogens is 479 g/mol. The molecule has 1 unspecified atom stereocenters. The Labute approximate surface area is 163 Å². The molecule has 0 radical (unpaired) electrons. The van der Waals surface area contributed by atoms with Gasteiger partial charge in [-0.1, -0.05) is 40.8 Å². The number of nitrogens with zero attached hydrogens (tertiary/aromatic N) is 1. The van der Waals surface area contributed by atoms with Crippen LogP contribution in [0, 0.1) is 11.6 Å². The van der Waals surface area contributed by atoms with Crippen molar-refractivity contribution in [3.05, 3.63) is 65.2 Å². The zero-order chi connectivity index (χ0) is 18.7. The van der Waals surface area contributed by atoms with E-state index in [1.807, 2.05) is 22.6 Å². The summed E-state index contributed by atoms with van der Waals surface area (Å²) >= 11 is 1.96. The largest absolute Gasteiger partial charge is 0.475 e. The predicted molar refractivity (Wildman–Crippen MR) is 101 cm³/mol. The third kappa shape index (κ3) is 4.32. The lowest BCUT2D eigenvalue weighted by atomic mass is 10.1. The van der Waals surface area contributed by atoms with Crippen LogP contribution in [-0.4, -0.2) is 31.1 Å². The molecule has 0 aliphatic carbocycles. The third-order valence-electron chi connectivity index (χ3n) is 3.64. The fraction of sp³-hybridized carbons (Fsp3) is 0.235. The zero-order valence-electron chi connectivity index (χ0n) is 13.4. The summed E-state index contributed by atoms with van der Waals surface area (Å²) in [4.78, 5) is 4.24. The molecule has 1 heterocycles. The maximum absolute atomic E-state index is 13.8. The summed E-state index contributed by atoms with van der Waals surface area (Å²) in [6, 6.07) is 9.42. The van der Waals surface area contributed by atoms with Crippen LogP contribution in [0.1, 0.15) is 17.2 Å². The van der Waals surface area contributed by atoms with Gasteiger partial charge in [0.05, 0.1) is 5.75 Å². The Hall–Kier alpha value is -1.75. The SMILES string of the molecule is O=S(=O)(CCI)Oc1ccc(C2COC(c3c(F)cccc3F)=N2)cc1. The van der Waals surface area contributed by atoms with Gasteiger partial charge < -0.3 is 8.92 Å². The molecule has 1 atom stereocenters. The first-order valence-electron chi connectivity index (χ1n) is 7.62. The number of ether oxygens (including phenoxy) is 1. The normalized spacial score (nSPS) is 16.9. The molecule has 0 saturated heterocycles. The predicted octanol–water partition coefficient (Wildman–Crippen LogP) is 3.63. The highest BCUT2D eigenvalue weighted by Crippen LogP contribution is 2.28. The Morgan fingerprint density at radius 3 is 2.42 bits per heavy atom. The quantitative estimate of drug-likeness (QED) is 0.351. The van der Waals surface area contributed by atoms with E-state index in [1.165, 1.54) is 18.2 Å². The molecule has 1 aliphatic heterocycles. The summed E-state index contributed by atoms with van der Waals surface area (Å²) in [5.41, 5.74) is 0.426. The van der Waals surface area contributed by atoms with Crippen molar-refractivity contribution in [2.24, 2.45) is 4.99 Å². The summed E-state index contributed by atoms with van der Waals surface area (Å²) in [5.74, 6) is -1.45. The lowest BCUT2D eigenvalue weighted by Gasteiger charge is -2.08. The van der Waals surface area contributed by atoms with Crippen LogP contribution < -0.4 is 4.18 Å². The first kappa shape index (κ1) is 19.0. The van der Waals surface area contributed by atoms with Gasteiger partial charge in [0, 0.05) is 4.43 Å². The van der Waals surface area contributed by atoms with Crippen molar-refractivity contribution in [2.75, 3.05) is 16.8 Å². The van der Waals surface area contributed by atoms with Gasteiger partial charge in [-0.05, 0) is 29.8 Å². The topological polar surface area (TPSA) is 65.0 Å². The van der Waals surface area contributed by atoms with Gasteiger partial charge in [-0.25, -0.2) is 13.8 Å². The van der Waals surface area contributed by atoms with Crippen molar-refractivity contribution in [1.82, 2.24) is 0 Å². The second-order valence-corrected chi connectivity index (χ2v) is 8.23. The van der Waals surface area contributed by atoms with Crippen molar-refractivity contribution in [2.45, 2.75) is 6.04 Å². The minimum absolute atomic E-state index is 0.0758. The number of hydrogen-bond donors (Lipinski definition) is 0. The summed E-state index contributed by atoms with van der Waals surface area (Å²) in [6.45, 7) is 0.135. The summed E-state index contributed by atoms with van der Waals surface area (Å²) in [7, 11) is -3.61. The smallest absolute Gasteiger partial charge is 0.309 e. The molecule has 0 amide bonds. The van der Waals surface area contributed by atoms with Gasteiger partial charge in [-0.15, -0.1) is 0 Å². The van der Waals surface area contributed by atoms with Gasteiger partial charge in [0.2, 0.25) is 5.90 Å². The molecule has 0 N–H and O–H groups in total. The standard InChI is InChI=1S/C17H14F2INO4S/c18-13-2-1-3-14(19)16(13)17-21-15(10-24-17)11-4-6-12(7-5-11)25-26(22,23)9-8-20/h1-7,15H,8-10H2. The molecule has 0 aromatic heterocycles. The maximum atomic E-state index is 13.8. The molecule has 0 bridgehead atoms. The van der Waals surface area contributed by atoms with Crippen LogP contribution in [0.25, 0.3) is 0 Å². The average molecular weight is 493 g/mol. The lowest BCUT2D eigenvalue weighted by Crippen LogP contribution is -2.14. The molecule has 3 rings (SSSR count). The van der Waals surface area contributed by atoms with E-state index in [9.17, 15) is 17.2 Å². The Bertz CT molecular complexity index is 912. The maximum Gasteiger partial charge on any atom is 0.309 e. The number of rotatable bonds is 6. The molecule has 0 spiro atoms. The third-order valence-corrected chi connectivity index (χ3v) is 6.06. The van der Waals surface area contributed by atoms with Crippen molar-refractivity contribution in [3.8, 4) is 5.75 Å². The Morgan fingerprint density at radius 2 is 1.81 bits per heavy atom. The number of alkyl halides is 1. The van der Waals surface area contributed by atoms with Crippen molar-refractivity contribution in [1.29, 1.82) is 0 Å². The van der Waals surface area contributed by atoms with Crippen LogP contribution in [0.15, 0.2) is 47.5 Å². The van der Waals surface area contributed by atoms with E-state index >= 15 is 0 Å². The van der Waals surface area contributed by atoms with Gasteiger partial charge >= 0.3 is 10.1 Å². The van der Waals surface area contributed by atoms with Crippen LogP contribution in [0.5, 0.6) is 5.75 Å². The molecule has 138 valence electrons. The summed E-state index contributed by atoms with van der Waals surface area (Å²) in [5, 5.41) is 0. The molecule has 1 aliphatic rings. The van der Waals surface area contributed by atoms with E-state index in [-0.39, 0.29) is 29.6 Å². The lowest BCUT2D eigenvalue weighted by molar-refractivity contribution is 0.317. The van der Waals surface area contributed by atoms with Crippen LogP contribution in [0.4, 0.5) is 8.78 Å². The van der Waals surface area contributed by atoms with Crippen LogP contribution in [-0.2, 0) is 14.9 Å². The average Bonchev–Trinajstić information content (AvgIpc) is 3.04. The van der Waals surface area contributed by atoms with E-state index in [0.717, 1.165) is 17.7 Å². The number of aliphatic imine (C=N–C) groups is 1. The van der Waals surface area contributed by atoms with E-state index < -0.39 is 27.8 Å². The molecule has 5 nitrogen and oxygen atoms in total. The van der Waals surface area contributed by atoms with E-state index in [4.69, 9.17) is 8.92 Å². The van der Waals surface area contributed by atoms with Crippen LogP contribution >= 0.6 is 22.6 Å². The van der Waals surface area contributed by atoms with Crippen molar-refractivity contribution >= 4 is 38.6 Å². The van der Waals surface area contributed by atoms with Gasteiger partial charge in [0.1, 0.15) is 35.6 Å². The highest BCUT2D eigenvalue weighted by Gasteiger charge is 2.26. The first-order chi connectivity index (χ1) is 12.4. The number of hydrogen-bond acceptors (Lipinski definition) is 5. The second kappa shape index (κ2) is 7.87. The summed E-state index contributed by atoms with van der Waals surface area (Å²) < 4.78 is 61.8. The molecule has 2 aromatic carbocycles. The Kier molecular flexibility index (Phi) is 5.76. The monoisotopic (exact) mass is 493 g/mol. The van der Waals surface area contributed by atoms with Crippen molar-refractivity contribution in [3.63, 3.8) is 0 Å². The highest BCUT2D eigenvalue weighted by molar-refractivity contribution is 14.1. The van der Waals surface area contributed by atoms with Crippen LogP contribution in [0.3, 0.4) is 0 Å². The van der Waals surface area contributed by atoms with Crippen molar-refractivity contribution < 1.29 is 26.1 Å². The van der Waals surface area contributed by atoms with Gasteiger partial charge in [-0.3, -0.25) is 0 Å². The van der Waals surface area contributed by atoms with Gasteiger partial charge in [0.15, 0.2) is 0 Å². The Morgan fingerprint density at radius 1 is 1.15 bits per heavy atom. The fourth-order valence-corrected chi connectivity index (χ4v) is 4.71. The number of benzene rings is 2. The molecule has 0 fully saturated rings. The minimum Gasteiger partial charge on any atom is -0.475 e. The van der Waals surface area contributed by atoms with E-state index in [0.29, 0.717) is 4.43 Å². The first-order valence-corrected chi connectivity index (χ1v) is 10.7. The summed E-state index contributed by atoms with van der Waals surface area (Å²) in [6.07, 6.45) is 0. The molecular formula is C17H14F2INO4S. The molecule has 0 saturated carbocycles. The van der Waals surface area contributed by atoms with E-state index in [2.05, 4.69) is 4.99 Å². The molecule has 26 heavy (non-hydrogen) atoms. The fourth-order valence-electron chi connectivity index (χ4n) is 2.41. The van der Waals surface area contributed by atoms with Crippen LogP contribution in [0.2, 0.25) is 0 Å². The minimum atomic E-state index is -3.61. The second-order valence-electron chi connectivity index (χ2n) is 5.46. The molecule has 2 aromatic rings. The number of halogens is 3. The van der Waals surface area contributed by atoms with Gasteiger partial charge in [-0.2, -0.15) is 8.42 Å².